The Bertz CT molecular complexity index is 903. The second kappa shape index (κ2) is 5.05. The Labute approximate surface area is 134 Å². The second-order valence-electron chi connectivity index (χ2n) is 5.46. The van der Waals surface area contributed by atoms with Gasteiger partial charge in [0.15, 0.2) is 5.82 Å². The Morgan fingerprint density at radius 2 is 2.00 bits per heavy atom. The first-order valence-electron chi connectivity index (χ1n) is 7.05. The molecule has 0 fully saturated rings. The number of rotatable bonds is 2. The van der Waals surface area contributed by atoms with Crippen LogP contribution in [0.4, 0.5) is 11.5 Å². The molecule has 23 heavy (non-hydrogen) atoms. The molecule has 0 spiro atoms. The fraction of sp³-hybridized carbons (Fsp3) is 0.357. The smallest absolute Gasteiger partial charge is 0.269 e. The number of carbonyl (C=O) groups excluding carboxylic acids is 1. The third-order valence-corrected chi connectivity index (χ3v) is 6.06. The van der Waals surface area contributed by atoms with Crippen LogP contribution >= 0.6 is 0 Å². The minimum atomic E-state index is -3.97. The zero-order valence-corrected chi connectivity index (χ0v) is 14.0. The molecule has 0 radical (unpaired) electrons. The van der Waals surface area contributed by atoms with E-state index in [2.05, 4.69) is 15.4 Å². The number of aryl methyl sites for hydroxylation is 2. The van der Waals surface area contributed by atoms with Gasteiger partial charge in [-0.3, -0.25) is 9.48 Å². The van der Waals surface area contributed by atoms with Crippen molar-refractivity contribution in [2.45, 2.75) is 31.7 Å². The number of nitrogens with one attached hydrogen (secondary N) is 1. The van der Waals surface area contributed by atoms with Crippen molar-refractivity contribution in [1.82, 2.24) is 14.8 Å². The third kappa shape index (κ3) is 2.19. The van der Waals surface area contributed by atoms with Gasteiger partial charge in [-0.25, -0.2) is 17.7 Å². The fourth-order valence-electron chi connectivity index (χ4n) is 2.75. The largest absolute Gasteiger partial charge is 0.321 e. The first-order chi connectivity index (χ1) is 10.7. The van der Waals surface area contributed by atoms with E-state index in [4.69, 9.17) is 0 Å². The van der Waals surface area contributed by atoms with Crippen molar-refractivity contribution in [3.05, 3.63) is 29.7 Å². The number of hydrogen-bond donors (Lipinski definition) is 1. The number of aromatic nitrogens is 3. The van der Waals surface area contributed by atoms with Crippen LogP contribution in [0.25, 0.3) is 0 Å². The van der Waals surface area contributed by atoms with Gasteiger partial charge in [0, 0.05) is 13.2 Å². The molecule has 122 valence electrons. The molecule has 0 unspecified atom stereocenters. The van der Waals surface area contributed by atoms with Crippen molar-refractivity contribution in [1.29, 1.82) is 0 Å². The molecular formula is C14H17N5O3S. The molecular weight excluding hydrogens is 318 g/mol. The van der Waals surface area contributed by atoms with Crippen LogP contribution in [0.15, 0.2) is 23.2 Å². The first-order valence-corrected chi connectivity index (χ1v) is 8.49. The summed E-state index contributed by atoms with van der Waals surface area (Å²) in [6.07, 6.45) is 1.49. The minimum Gasteiger partial charge on any atom is -0.321 e. The summed E-state index contributed by atoms with van der Waals surface area (Å²) in [7, 11) is -2.29. The Morgan fingerprint density at radius 3 is 2.61 bits per heavy atom. The monoisotopic (exact) mass is 335 g/mol. The van der Waals surface area contributed by atoms with Gasteiger partial charge in [0.25, 0.3) is 10.0 Å². The number of carbonyl (C=O) groups is 1. The first kappa shape index (κ1) is 15.5. The van der Waals surface area contributed by atoms with Gasteiger partial charge in [-0.1, -0.05) is 0 Å². The molecule has 0 saturated carbocycles. The average Bonchev–Trinajstić information content (AvgIpc) is 2.73. The van der Waals surface area contributed by atoms with Crippen LogP contribution < -0.4 is 9.62 Å². The number of pyridine rings is 1. The molecule has 9 heteroatoms. The van der Waals surface area contributed by atoms with Gasteiger partial charge >= 0.3 is 0 Å². The van der Waals surface area contributed by atoms with Gasteiger partial charge < -0.3 is 5.32 Å². The molecule has 1 N–H and O–H groups in total. The van der Waals surface area contributed by atoms with Crippen LogP contribution in [0.2, 0.25) is 0 Å². The highest BCUT2D eigenvalue weighted by molar-refractivity contribution is 7.93. The normalized spacial score (nSPS) is 17.8. The lowest BCUT2D eigenvalue weighted by molar-refractivity contribution is -0.117. The molecule has 1 aliphatic rings. The maximum absolute atomic E-state index is 13.2. The van der Waals surface area contributed by atoms with Gasteiger partial charge in [-0.2, -0.15) is 5.10 Å². The number of anilines is 2. The van der Waals surface area contributed by atoms with Gasteiger partial charge in [0.05, 0.1) is 17.1 Å². The predicted octanol–water partition coefficient (Wildman–Crippen LogP) is 0.968. The van der Waals surface area contributed by atoms with Crippen molar-refractivity contribution < 1.29 is 13.2 Å². The van der Waals surface area contributed by atoms with Crippen LogP contribution in [-0.2, 0) is 21.9 Å². The summed E-state index contributed by atoms with van der Waals surface area (Å²) in [6, 6.07) is 2.36. The number of nitrogens with zero attached hydrogens (tertiary/aromatic N) is 4. The SMILES string of the molecule is Cc1nn(C)c(C)c1S(=O)(=O)N1c2ncccc2NC(=O)[C@@H]1C. The Balaban J connectivity index is 2.25. The van der Waals surface area contributed by atoms with E-state index >= 15 is 0 Å². The van der Waals surface area contributed by atoms with Crippen LogP contribution in [0.1, 0.15) is 18.3 Å². The standard InChI is InChI=1S/C14H17N5O3S/c1-8-12(9(2)18(4)17-8)23(21,22)19-10(3)14(20)16-11-6-5-7-15-13(11)19/h5-7,10H,1-4H3,(H,16,20)/t10-/m0/s1. The molecule has 3 rings (SSSR count). The second-order valence-corrected chi connectivity index (χ2v) is 7.22. The van der Waals surface area contributed by atoms with E-state index in [9.17, 15) is 13.2 Å². The van der Waals surface area contributed by atoms with Crippen molar-refractivity contribution in [2.24, 2.45) is 7.05 Å². The lowest BCUT2D eigenvalue weighted by Crippen LogP contribution is -2.49. The highest BCUT2D eigenvalue weighted by Gasteiger charge is 2.41. The average molecular weight is 335 g/mol. The van der Waals surface area contributed by atoms with Gasteiger partial charge in [-0.15, -0.1) is 0 Å². The molecule has 0 saturated heterocycles. The molecule has 3 heterocycles. The number of sulfonamides is 1. The fourth-order valence-corrected chi connectivity index (χ4v) is 4.75. The Morgan fingerprint density at radius 1 is 1.30 bits per heavy atom. The Hall–Kier alpha value is -2.42. The minimum absolute atomic E-state index is 0.109. The molecule has 2 aromatic rings. The number of amides is 1. The maximum atomic E-state index is 13.2. The zero-order chi connectivity index (χ0) is 16.9. The van der Waals surface area contributed by atoms with Crippen molar-refractivity contribution in [2.75, 3.05) is 9.62 Å². The molecule has 1 aliphatic heterocycles. The molecule has 1 amide bonds. The van der Waals surface area contributed by atoms with Gasteiger partial charge in [0.1, 0.15) is 10.9 Å². The topological polar surface area (TPSA) is 97.2 Å². The van der Waals surface area contributed by atoms with E-state index in [1.807, 2.05) is 0 Å². The van der Waals surface area contributed by atoms with E-state index in [1.54, 1.807) is 33.0 Å². The molecule has 8 nitrogen and oxygen atoms in total. The summed E-state index contributed by atoms with van der Waals surface area (Å²) >= 11 is 0. The van der Waals surface area contributed by atoms with E-state index in [-0.39, 0.29) is 10.7 Å². The van der Waals surface area contributed by atoms with Gasteiger partial charge in [0.2, 0.25) is 5.91 Å². The van der Waals surface area contributed by atoms with Crippen LogP contribution in [-0.4, -0.2) is 35.1 Å². The summed E-state index contributed by atoms with van der Waals surface area (Å²) in [5.41, 5.74) is 1.28. The molecule has 1 atom stereocenters. The summed E-state index contributed by atoms with van der Waals surface area (Å²) in [5, 5.41) is 6.83. The molecule has 0 aliphatic carbocycles. The molecule has 0 bridgehead atoms. The van der Waals surface area contributed by atoms with Crippen molar-refractivity contribution >= 4 is 27.4 Å². The molecule has 2 aromatic heterocycles. The van der Waals surface area contributed by atoms with E-state index < -0.39 is 22.0 Å². The maximum Gasteiger partial charge on any atom is 0.269 e. The van der Waals surface area contributed by atoms with Crippen molar-refractivity contribution in [3.8, 4) is 0 Å². The Kier molecular flexibility index (Phi) is 3.40. The third-order valence-electron chi connectivity index (χ3n) is 3.94. The van der Waals surface area contributed by atoms with Crippen LogP contribution in [0.3, 0.4) is 0 Å². The van der Waals surface area contributed by atoms with E-state index in [0.29, 0.717) is 17.1 Å². The highest BCUT2D eigenvalue weighted by atomic mass is 32.2. The van der Waals surface area contributed by atoms with Gasteiger partial charge in [-0.05, 0) is 32.9 Å². The predicted molar refractivity (Wildman–Crippen MR) is 84.7 cm³/mol. The summed E-state index contributed by atoms with van der Waals surface area (Å²) in [6.45, 7) is 4.85. The lowest BCUT2D eigenvalue weighted by Gasteiger charge is -2.33. The van der Waals surface area contributed by atoms with Crippen molar-refractivity contribution in [3.63, 3.8) is 0 Å². The van der Waals surface area contributed by atoms with Crippen LogP contribution in [0, 0.1) is 13.8 Å². The van der Waals surface area contributed by atoms with E-state index in [0.717, 1.165) is 4.31 Å². The summed E-state index contributed by atoms with van der Waals surface area (Å²) in [5.74, 6) is -0.185. The number of fused-ring (bicyclic) bond motifs is 1. The summed E-state index contributed by atoms with van der Waals surface area (Å²) in [4.78, 5) is 16.4. The highest BCUT2D eigenvalue weighted by Crippen LogP contribution is 2.35. The lowest BCUT2D eigenvalue weighted by atomic mass is 10.2. The molecule has 0 aromatic carbocycles. The zero-order valence-electron chi connectivity index (χ0n) is 13.2. The van der Waals surface area contributed by atoms with Crippen LogP contribution in [0.5, 0.6) is 0 Å². The quantitative estimate of drug-likeness (QED) is 0.882. The van der Waals surface area contributed by atoms with E-state index in [1.165, 1.54) is 17.8 Å². The number of hydrogen-bond acceptors (Lipinski definition) is 5. The summed E-state index contributed by atoms with van der Waals surface area (Å²) < 4.78 is 29.0.